The number of benzene rings is 2. The molecule has 0 atom stereocenters. The molecule has 3 rings (SSSR count). The van der Waals surface area contributed by atoms with Gasteiger partial charge in [0.2, 0.25) is 0 Å². The molecule has 0 fully saturated rings. The van der Waals surface area contributed by atoms with Gasteiger partial charge in [0.05, 0.1) is 6.61 Å². The Hall–Kier alpha value is -3.12. The third kappa shape index (κ3) is 4.45. The molecule has 1 heterocycles. The largest absolute Gasteiger partial charge is 0.486 e. The summed E-state index contributed by atoms with van der Waals surface area (Å²) in [4.78, 5) is 11.9. The number of carbonyl (C=O) groups excluding carboxylic acids is 1. The van der Waals surface area contributed by atoms with Crippen molar-refractivity contribution in [1.82, 2.24) is 10.5 Å². The van der Waals surface area contributed by atoms with Crippen LogP contribution in [0.3, 0.4) is 0 Å². The van der Waals surface area contributed by atoms with Crippen LogP contribution in [0, 0.1) is 0 Å². The summed E-state index contributed by atoms with van der Waals surface area (Å²) in [6.45, 7) is 0.322. The summed E-state index contributed by atoms with van der Waals surface area (Å²) in [7, 11) is 0. The summed E-state index contributed by atoms with van der Waals surface area (Å²) in [6.07, 6.45) is 0. The summed E-state index contributed by atoms with van der Waals surface area (Å²) in [5, 5.41) is 15.4. The second kappa shape index (κ2) is 8.12. The number of carbonyl (C=O) groups is 1. The van der Waals surface area contributed by atoms with Gasteiger partial charge in [0.25, 0.3) is 5.91 Å². The van der Waals surface area contributed by atoms with Gasteiger partial charge < -0.3 is 19.7 Å². The van der Waals surface area contributed by atoms with Crippen LogP contribution < -0.4 is 10.1 Å². The normalized spacial score (nSPS) is 10.4. The number of ether oxygens (including phenoxy) is 1. The lowest BCUT2D eigenvalue weighted by Gasteiger charge is -2.07. The first-order valence-electron chi connectivity index (χ1n) is 7.89. The Labute approximate surface area is 145 Å². The van der Waals surface area contributed by atoms with Crippen molar-refractivity contribution >= 4 is 5.91 Å². The van der Waals surface area contributed by atoms with Crippen LogP contribution in [0.25, 0.3) is 11.3 Å². The van der Waals surface area contributed by atoms with Crippen molar-refractivity contribution in [1.29, 1.82) is 0 Å². The van der Waals surface area contributed by atoms with Gasteiger partial charge >= 0.3 is 0 Å². The Morgan fingerprint density at radius 3 is 2.76 bits per heavy atom. The molecule has 3 aromatic rings. The topological polar surface area (TPSA) is 84.6 Å². The van der Waals surface area contributed by atoms with Gasteiger partial charge in [-0.3, -0.25) is 4.79 Å². The minimum absolute atomic E-state index is 0.100. The minimum Gasteiger partial charge on any atom is -0.486 e. The molecule has 0 unspecified atom stereocenters. The maximum Gasteiger partial charge on any atom is 0.251 e. The quantitative estimate of drug-likeness (QED) is 0.692. The molecule has 0 radical (unpaired) electrons. The molecule has 6 heteroatoms. The zero-order valence-corrected chi connectivity index (χ0v) is 13.5. The molecule has 0 aliphatic heterocycles. The van der Waals surface area contributed by atoms with Crippen LogP contribution >= 0.6 is 0 Å². The maximum atomic E-state index is 11.9. The molecule has 0 saturated heterocycles. The lowest BCUT2D eigenvalue weighted by Crippen LogP contribution is -2.26. The van der Waals surface area contributed by atoms with Gasteiger partial charge in [0.15, 0.2) is 5.76 Å². The van der Waals surface area contributed by atoms with E-state index in [0.29, 0.717) is 17.1 Å². The molecular weight excluding hydrogens is 320 g/mol. The first-order chi connectivity index (χ1) is 12.3. The van der Waals surface area contributed by atoms with Gasteiger partial charge in [0, 0.05) is 23.7 Å². The average molecular weight is 338 g/mol. The number of nitrogens with one attached hydrogen (secondary N) is 1. The fourth-order valence-corrected chi connectivity index (χ4v) is 2.28. The van der Waals surface area contributed by atoms with Gasteiger partial charge in [-0.2, -0.15) is 0 Å². The van der Waals surface area contributed by atoms with Crippen LogP contribution in [0.5, 0.6) is 5.75 Å². The number of hydrogen-bond donors (Lipinski definition) is 2. The number of aliphatic hydroxyl groups is 1. The molecule has 2 N–H and O–H groups in total. The van der Waals surface area contributed by atoms with Gasteiger partial charge in [-0.25, -0.2) is 0 Å². The number of amides is 1. The lowest BCUT2D eigenvalue weighted by molar-refractivity contribution is 0.0944. The van der Waals surface area contributed by atoms with Crippen molar-refractivity contribution < 1.29 is 19.2 Å². The van der Waals surface area contributed by atoms with Crippen LogP contribution in [0.2, 0.25) is 0 Å². The lowest BCUT2D eigenvalue weighted by atomic mass is 10.1. The smallest absolute Gasteiger partial charge is 0.251 e. The van der Waals surface area contributed by atoms with Crippen molar-refractivity contribution in [3.8, 4) is 17.0 Å². The minimum atomic E-state index is -0.259. The predicted octanol–water partition coefficient (Wildman–Crippen LogP) is 2.64. The van der Waals surface area contributed by atoms with E-state index in [4.69, 9.17) is 14.4 Å². The summed E-state index contributed by atoms with van der Waals surface area (Å²) in [6, 6.07) is 18.4. The SMILES string of the molecule is O=C(NCCO)c1cccc(OCc2cc(-c3ccccc3)no2)c1. The molecule has 0 aliphatic carbocycles. The van der Waals surface area contributed by atoms with Crippen LogP contribution in [0.1, 0.15) is 16.1 Å². The summed E-state index contributed by atoms with van der Waals surface area (Å²) in [5.41, 5.74) is 2.19. The van der Waals surface area contributed by atoms with Crippen molar-refractivity contribution in [3.63, 3.8) is 0 Å². The first-order valence-corrected chi connectivity index (χ1v) is 7.89. The first kappa shape index (κ1) is 16.7. The van der Waals surface area contributed by atoms with Crippen molar-refractivity contribution in [2.45, 2.75) is 6.61 Å². The van der Waals surface area contributed by atoms with Crippen LogP contribution in [-0.2, 0) is 6.61 Å². The molecule has 6 nitrogen and oxygen atoms in total. The van der Waals surface area contributed by atoms with E-state index in [1.54, 1.807) is 24.3 Å². The van der Waals surface area contributed by atoms with E-state index in [9.17, 15) is 4.79 Å². The second-order valence-corrected chi connectivity index (χ2v) is 5.34. The molecule has 1 aromatic heterocycles. The van der Waals surface area contributed by atoms with E-state index in [1.807, 2.05) is 36.4 Å². The van der Waals surface area contributed by atoms with E-state index in [1.165, 1.54) is 0 Å². The third-order valence-electron chi connectivity index (χ3n) is 3.50. The number of aliphatic hydroxyl groups excluding tert-OH is 1. The Bertz CT molecular complexity index is 830. The summed E-state index contributed by atoms with van der Waals surface area (Å²) >= 11 is 0. The Morgan fingerprint density at radius 2 is 1.96 bits per heavy atom. The molecule has 0 bridgehead atoms. The summed E-state index contributed by atoms with van der Waals surface area (Å²) in [5.74, 6) is 0.883. The summed E-state index contributed by atoms with van der Waals surface area (Å²) < 4.78 is 11.0. The van der Waals surface area contributed by atoms with Crippen molar-refractivity contribution in [2.75, 3.05) is 13.2 Å². The van der Waals surface area contributed by atoms with E-state index >= 15 is 0 Å². The fourth-order valence-electron chi connectivity index (χ4n) is 2.28. The number of nitrogens with zero attached hydrogens (tertiary/aromatic N) is 1. The van der Waals surface area contributed by atoms with Gasteiger partial charge in [-0.1, -0.05) is 41.6 Å². The van der Waals surface area contributed by atoms with Crippen LogP contribution in [0.15, 0.2) is 65.2 Å². The van der Waals surface area contributed by atoms with Crippen molar-refractivity contribution in [2.24, 2.45) is 0 Å². The standard InChI is InChI=1S/C19H18N2O4/c22-10-9-20-19(23)15-7-4-8-16(11-15)24-13-17-12-18(21-25-17)14-5-2-1-3-6-14/h1-8,11-12,22H,9-10,13H2,(H,20,23). The predicted molar refractivity (Wildman–Crippen MR) is 92.1 cm³/mol. The Kier molecular flexibility index (Phi) is 5.43. The highest BCUT2D eigenvalue weighted by molar-refractivity contribution is 5.94. The van der Waals surface area contributed by atoms with E-state index in [2.05, 4.69) is 10.5 Å². The monoisotopic (exact) mass is 338 g/mol. The maximum absolute atomic E-state index is 11.9. The highest BCUT2D eigenvalue weighted by Crippen LogP contribution is 2.20. The second-order valence-electron chi connectivity index (χ2n) is 5.34. The van der Waals surface area contributed by atoms with Crippen molar-refractivity contribution in [3.05, 3.63) is 72.0 Å². The van der Waals surface area contributed by atoms with Gasteiger partial charge in [-0.15, -0.1) is 0 Å². The molecule has 2 aromatic carbocycles. The molecule has 0 spiro atoms. The third-order valence-corrected chi connectivity index (χ3v) is 3.50. The van der Waals surface area contributed by atoms with Gasteiger partial charge in [0.1, 0.15) is 18.1 Å². The molecule has 25 heavy (non-hydrogen) atoms. The van der Waals surface area contributed by atoms with Gasteiger partial charge in [-0.05, 0) is 18.2 Å². The average Bonchev–Trinajstić information content (AvgIpc) is 3.14. The van der Waals surface area contributed by atoms with E-state index in [0.717, 1.165) is 11.3 Å². The zero-order chi connectivity index (χ0) is 17.5. The molecule has 0 saturated carbocycles. The number of hydrogen-bond acceptors (Lipinski definition) is 5. The molecule has 128 valence electrons. The van der Waals surface area contributed by atoms with E-state index < -0.39 is 0 Å². The Balaban J connectivity index is 1.62. The zero-order valence-electron chi connectivity index (χ0n) is 13.5. The Morgan fingerprint density at radius 1 is 1.12 bits per heavy atom. The fraction of sp³-hybridized carbons (Fsp3) is 0.158. The number of rotatable bonds is 7. The van der Waals surface area contributed by atoms with Crippen LogP contribution in [0.4, 0.5) is 0 Å². The van der Waals surface area contributed by atoms with Crippen LogP contribution in [-0.4, -0.2) is 29.3 Å². The molecule has 1 amide bonds. The molecular formula is C19H18N2O4. The highest BCUT2D eigenvalue weighted by Gasteiger charge is 2.09. The molecule has 0 aliphatic rings. The highest BCUT2D eigenvalue weighted by atomic mass is 16.5. The number of aromatic nitrogens is 1. The van der Waals surface area contributed by atoms with E-state index in [-0.39, 0.29) is 25.7 Å².